The number of nitrogens with one attached hydrogen (secondary N) is 2. The number of aromatic amines is 1. The predicted molar refractivity (Wildman–Crippen MR) is 92.6 cm³/mol. The zero-order valence-corrected chi connectivity index (χ0v) is 15.3. The molecule has 2 aromatic rings. The molecule has 5 rings (SSSR count). The summed E-state index contributed by atoms with van der Waals surface area (Å²) in [7, 11) is 0. The monoisotopic (exact) mass is 388 g/mol. The van der Waals surface area contributed by atoms with Crippen molar-refractivity contribution in [3.63, 3.8) is 0 Å². The lowest BCUT2D eigenvalue weighted by Crippen LogP contribution is -2.42. The predicted octanol–water partition coefficient (Wildman–Crippen LogP) is 0.314. The standard InChI is InChI=1S/C18H20N4O6/c1-9-4-12(20-27-9)16(24)19-6-10-11-7-22(8-18(11)3-2-13(10)26-18)17(25)14-5-15(23)21-28-14/h4-5,10-11,13H,2-3,6-8H2,1H3,(H,19,24)(H,21,23)/t10-,11+,13+,18+/m0/s1. The van der Waals surface area contributed by atoms with E-state index >= 15 is 0 Å². The quantitative estimate of drug-likeness (QED) is 0.771. The first kappa shape index (κ1) is 17.2. The molecular weight excluding hydrogens is 368 g/mol. The summed E-state index contributed by atoms with van der Waals surface area (Å²) in [6.45, 7) is 3.15. The van der Waals surface area contributed by atoms with Crippen molar-refractivity contribution < 1.29 is 23.4 Å². The van der Waals surface area contributed by atoms with Gasteiger partial charge in [0.1, 0.15) is 5.76 Å². The molecule has 3 saturated heterocycles. The van der Waals surface area contributed by atoms with Gasteiger partial charge in [-0.1, -0.05) is 5.16 Å². The van der Waals surface area contributed by atoms with Crippen molar-refractivity contribution in [2.24, 2.45) is 11.8 Å². The van der Waals surface area contributed by atoms with Crippen LogP contribution in [0.4, 0.5) is 0 Å². The Bertz CT molecular complexity index is 992. The minimum atomic E-state index is -0.443. The number of aromatic nitrogens is 2. The van der Waals surface area contributed by atoms with E-state index in [1.807, 2.05) is 0 Å². The molecule has 2 N–H and O–H groups in total. The second-order valence-corrected chi connectivity index (χ2v) is 7.83. The lowest BCUT2D eigenvalue weighted by Gasteiger charge is -2.29. The topological polar surface area (TPSA) is 131 Å². The van der Waals surface area contributed by atoms with Gasteiger partial charge in [-0.25, -0.2) is 0 Å². The Morgan fingerprint density at radius 2 is 2.29 bits per heavy atom. The molecule has 3 fully saturated rings. The molecule has 0 unspecified atom stereocenters. The van der Waals surface area contributed by atoms with E-state index in [0.29, 0.717) is 25.4 Å². The molecule has 0 aromatic carbocycles. The number of ether oxygens (including phenoxy) is 1. The fourth-order valence-electron chi connectivity index (χ4n) is 4.94. The van der Waals surface area contributed by atoms with Crippen LogP contribution in [0.15, 0.2) is 26.0 Å². The third-order valence-electron chi connectivity index (χ3n) is 6.16. The van der Waals surface area contributed by atoms with Crippen LogP contribution in [0.2, 0.25) is 0 Å². The van der Waals surface area contributed by atoms with E-state index in [9.17, 15) is 14.4 Å². The van der Waals surface area contributed by atoms with Crippen LogP contribution in [0.3, 0.4) is 0 Å². The van der Waals surface area contributed by atoms with Gasteiger partial charge in [0, 0.05) is 31.0 Å². The first-order valence-corrected chi connectivity index (χ1v) is 9.32. The summed E-state index contributed by atoms with van der Waals surface area (Å²) in [6, 6.07) is 2.75. The number of nitrogens with zero attached hydrogens (tertiary/aromatic N) is 2. The molecule has 10 heteroatoms. The molecule has 2 bridgehead atoms. The van der Waals surface area contributed by atoms with Crippen molar-refractivity contribution in [3.05, 3.63) is 39.7 Å². The second-order valence-electron chi connectivity index (χ2n) is 7.83. The molecule has 2 aromatic heterocycles. The Kier molecular flexibility index (Phi) is 3.73. The second kappa shape index (κ2) is 6.06. The zero-order chi connectivity index (χ0) is 19.5. The summed E-state index contributed by atoms with van der Waals surface area (Å²) < 4.78 is 16.2. The van der Waals surface area contributed by atoms with E-state index in [2.05, 4.69) is 15.6 Å². The van der Waals surface area contributed by atoms with Gasteiger partial charge in [-0.05, 0) is 19.8 Å². The number of fused-ring (bicyclic) bond motifs is 1. The smallest absolute Gasteiger partial charge is 0.292 e. The number of carbonyl (C=O) groups excluding carboxylic acids is 2. The molecular formula is C18H20N4O6. The lowest BCUT2D eigenvalue weighted by molar-refractivity contribution is 0.00277. The number of carbonyl (C=O) groups is 2. The van der Waals surface area contributed by atoms with Gasteiger partial charge in [-0.15, -0.1) is 0 Å². The first-order valence-electron chi connectivity index (χ1n) is 9.32. The summed E-state index contributed by atoms with van der Waals surface area (Å²) in [5.41, 5.74) is -0.569. The molecule has 5 heterocycles. The summed E-state index contributed by atoms with van der Waals surface area (Å²) in [4.78, 5) is 37.9. The summed E-state index contributed by atoms with van der Waals surface area (Å²) >= 11 is 0. The van der Waals surface area contributed by atoms with E-state index < -0.39 is 5.56 Å². The minimum Gasteiger partial charge on any atom is -0.373 e. The zero-order valence-electron chi connectivity index (χ0n) is 15.3. The van der Waals surface area contributed by atoms with E-state index in [4.69, 9.17) is 13.8 Å². The normalized spacial score (nSPS) is 30.6. The van der Waals surface area contributed by atoms with Crippen molar-refractivity contribution >= 4 is 11.8 Å². The maximum absolute atomic E-state index is 12.7. The van der Waals surface area contributed by atoms with E-state index in [1.165, 1.54) is 0 Å². The largest absolute Gasteiger partial charge is 0.373 e. The summed E-state index contributed by atoms with van der Waals surface area (Å²) in [5.74, 6) is 0.210. The van der Waals surface area contributed by atoms with Crippen molar-refractivity contribution in [1.29, 1.82) is 0 Å². The molecule has 10 nitrogen and oxygen atoms in total. The molecule has 2 amide bonds. The summed E-state index contributed by atoms with van der Waals surface area (Å²) in [5, 5.41) is 8.80. The third-order valence-corrected chi connectivity index (χ3v) is 6.16. The first-order chi connectivity index (χ1) is 13.4. The Balaban J connectivity index is 1.29. The Morgan fingerprint density at radius 3 is 3.00 bits per heavy atom. The van der Waals surface area contributed by atoms with Crippen molar-refractivity contribution in [1.82, 2.24) is 20.5 Å². The molecule has 0 radical (unpaired) electrons. The van der Waals surface area contributed by atoms with Crippen LogP contribution in [0.25, 0.3) is 0 Å². The fraction of sp³-hybridized carbons (Fsp3) is 0.556. The number of aryl methyl sites for hydroxylation is 1. The van der Waals surface area contributed by atoms with E-state index in [-0.39, 0.29) is 46.8 Å². The highest BCUT2D eigenvalue weighted by Crippen LogP contribution is 2.54. The summed E-state index contributed by atoms with van der Waals surface area (Å²) in [6.07, 6.45) is 1.86. The van der Waals surface area contributed by atoms with Crippen LogP contribution in [0.1, 0.15) is 39.6 Å². The van der Waals surface area contributed by atoms with Crippen LogP contribution in [0.5, 0.6) is 0 Å². The van der Waals surface area contributed by atoms with Crippen molar-refractivity contribution in [2.75, 3.05) is 19.6 Å². The number of hydrogen-bond donors (Lipinski definition) is 2. The van der Waals surface area contributed by atoms with Gasteiger partial charge in [0.25, 0.3) is 17.4 Å². The van der Waals surface area contributed by atoms with Crippen LogP contribution in [-0.2, 0) is 4.74 Å². The maximum Gasteiger partial charge on any atom is 0.292 e. The van der Waals surface area contributed by atoms with Gasteiger partial charge in [0.15, 0.2) is 5.69 Å². The Hall–Kier alpha value is -2.88. The number of H-pyrrole nitrogens is 1. The van der Waals surface area contributed by atoms with Crippen LogP contribution in [-0.4, -0.2) is 58.4 Å². The molecule has 3 aliphatic heterocycles. The van der Waals surface area contributed by atoms with Crippen LogP contribution >= 0.6 is 0 Å². The van der Waals surface area contributed by atoms with Gasteiger partial charge in [-0.3, -0.25) is 14.4 Å². The van der Waals surface area contributed by atoms with E-state index in [0.717, 1.165) is 18.9 Å². The molecule has 4 atom stereocenters. The van der Waals surface area contributed by atoms with Gasteiger partial charge in [0.05, 0.1) is 24.3 Å². The van der Waals surface area contributed by atoms with Gasteiger partial charge < -0.3 is 24.0 Å². The molecule has 148 valence electrons. The average Bonchev–Trinajstić information content (AvgIpc) is 3.45. The van der Waals surface area contributed by atoms with Crippen LogP contribution in [0, 0.1) is 18.8 Å². The molecule has 0 aliphatic carbocycles. The SMILES string of the molecule is Cc1cc(C(=O)NC[C@H]2[C@H]3CN(C(=O)c4cc(=O)[nH]o4)C[C@]34CC[C@H]2O4)no1. The van der Waals surface area contributed by atoms with Gasteiger partial charge in [-0.2, -0.15) is 5.16 Å². The molecule has 1 spiro atoms. The highest BCUT2D eigenvalue weighted by atomic mass is 16.5. The molecule has 0 saturated carbocycles. The van der Waals surface area contributed by atoms with Crippen LogP contribution < -0.4 is 10.9 Å². The lowest BCUT2D eigenvalue weighted by atomic mass is 9.73. The molecule has 28 heavy (non-hydrogen) atoms. The van der Waals surface area contributed by atoms with Gasteiger partial charge >= 0.3 is 0 Å². The number of amides is 2. The third kappa shape index (κ3) is 2.59. The highest BCUT2D eigenvalue weighted by molar-refractivity contribution is 5.92. The minimum absolute atomic E-state index is 0.00201. The highest BCUT2D eigenvalue weighted by Gasteiger charge is 2.63. The Morgan fingerprint density at radius 1 is 1.43 bits per heavy atom. The average molecular weight is 388 g/mol. The number of rotatable bonds is 4. The maximum atomic E-state index is 12.7. The van der Waals surface area contributed by atoms with Crippen molar-refractivity contribution in [2.45, 2.75) is 31.5 Å². The fourth-order valence-corrected chi connectivity index (χ4v) is 4.94. The van der Waals surface area contributed by atoms with E-state index in [1.54, 1.807) is 17.9 Å². The van der Waals surface area contributed by atoms with Crippen molar-refractivity contribution in [3.8, 4) is 0 Å². The number of hydrogen-bond acceptors (Lipinski definition) is 7. The number of likely N-dealkylation sites (tertiary alicyclic amines) is 1. The molecule has 3 aliphatic rings. The Labute approximate surface area is 159 Å². The van der Waals surface area contributed by atoms with Gasteiger partial charge in [0.2, 0.25) is 5.76 Å².